The molecule has 2 N–H and O–H groups in total. The summed E-state index contributed by atoms with van der Waals surface area (Å²) >= 11 is 3.28. The van der Waals surface area contributed by atoms with Crippen LogP contribution in [0.2, 0.25) is 0 Å². The average Bonchev–Trinajstić information content (AvgIpc) is 2.60. The lowest BCUT2D eigenvalue weighted by atomic mass is 10.2. The second-order valence-corrected chi connectivity index (χ2v) is 5.86. The number of ether oxygens (including phenoxy) is 1. The van der Waals surface area contributed by atoms with Gasteiger partial charge in [-0.15, -0.1) is 0 Å². The molecule has 0 aliphatic rings. The van der Waals surface area contributed by atoms with Gasteiger partial charge in [-0.05, 0) is 29.8 Å². The van der Waals surface area contributed by atoms with E-state index >= 15 is 0 Å². The van der Waals surface area contributed by atoms with Crippen molar-refractivity contribution in [2.45, 2.75) is 6.42 Å². The maximum Gasteiger partial charge on any atom is 0.310 e. The summed E-state index contributed by atoms with van der Waals surface area (Å²) in [7, 11) is 0. The van der Waals surface area contributed by atoms with Gasteiger partial charge in [0.1, 0.15) is 5.82 Å². The van der Waals surface area contributed by atoms with Gasteiger partial charge in [0.05, 0.1) is 12.0 Å². The molecule has 2 rings (SSSR count). The Labute approximate surface area is 151 Å². The molecular formula is C17H14BrFN2O4. The molecule has 0 atom stereocenters. The first-order valence-electron chi connectivity index (χ1n) is 7.19. The van der Waals surface area contributed by atoms with Gasteiger partial charge in [-0.25, -0.2) is 4.39 Å². The molecule has 2 aromatic carbocycles. The van der Waals surface area contributed by atoms with Crippen LogP contribution < -0.4 is 10.9 Å². The lowest BCUT2D eigenvalue weighted by molar-refractivity contribution is -0.148. The number of rotatable bonds is 5. The van der Waals surface area contributed by atoms with Gasteiger partial charge in [-0.2, -0.15) is 0 Å². The van der Waals surface area contributed by atoms with E-state index in [4.69, 9.17) is 4.74 Å². The molecule has 130 valence electrons. The minimum Gasteiger partial charge on any atom is -0.455 e. The van der Waals surface area contributed by atoms with Gasteiger partial charge >= 0.3 is 5.97 Å². The molecule has 0 fully saturated rings. The molecule has 8 heteroatoms. The monoisotopic (exact) mass is 408 g/mol. The Bertz CT molecular complexity index is 780. The summed E-state index contributed by atoms with van der Waals surface area (Å²) in [5, 5.41) is 0. The van der Waals surface area contributed by atoms with E-state index < -0.39 is 30.2 Å². The number of carbonyl (C=O) groups excluding carboxylic acids is 3. The summed E-state index contributed by atoms with van der Waals surface area (Å²) in [4.78, 5) is 34.9. The van der Waals surface area contributed by atoms with Crippen molar-refractivity contribution in [1.29, 1.82) is 0 Å². The van der Waals surface area contributed by atoms with Crippen LogP contribution in [0, 0.1) is 5.82 Å². The minimum atomic E-state index is -0.812. The van der Waals surface area contributed by atoms with Crippen molar-refractivity contribution < 1.29 is 23.5 Å². The predicted molar refractivity (Wildman–Crippen MR) is 90.8 cm³/mol. The molecule has 0 bridgehead atoms. The van der Waals surface area contributed by atoms with Crippen molar-refractivity contribution >= 4 is 33.7 Å². The Morgan fingerprint density at radius 3 is 2.36 bits per heavy atom. The van der Waals surface area contributed by atoms with E-state index in [1.165, 1.54) is 18.2 Å². The highest BCUT2D eigenvalue weighted by molar-refractivity contribution is 9.10. The van der Waals surface area contributed by atoms with Crippen LogP contribution in [0.5, 0.6) is 0 Å². The van der Waals surface area contributed by atoms with Gasteiger partial charge in [0, 0.05) is 4.47 Å². The highest BCUT2D eigenvalue weighted by Gasteiger charge is 2.13. The summed E-state index contributed by atoms with van der Waals surface area (Å²) in [6, 6.07) is 12.4. The fourth-order valence-electron chi connectivity index (χ4n) is 1.84. The number of esters is 1. The van der Waals surface area contributed by atoms with Gasteiger partial charge in [-0.3, -0.25) is 25.2 Å². The van der Waals surface area contributed by atoms with Gasteiger partial charge in [-0.1, -0.05) is 40.2 Å². The summed E-state index contributed by atoms with van der Waals surface area (Å²) < 4.78 is 19.1. The highest BCUT2D eigenvalue weighted by Crippen LogP contribution is 2.11. The maximum atomic E-state index is 13.4. The number of amides is 2. The van der Waals surface area contributed by atoms with Gasteiger partial charge in [0.2, 0.25) is 0 Å². The first-order chi connectivity index (χ1) is 12.0. The number of halogens is 2. The number of hydrogen-bond donors (Lipinski definition) is 2. The molecule has 0 unspecified atom stereocenters. The van der Waals surface area contributed by atoms with Crippen LogP contribution in [0.4, 0.5) is 4.39 Å². The number of nitrogens with one attached hydrogen (secondary N) is 2. The van der Waals surface area contributed by atoms with Crippen LogP contribution in [0.15, 0.2) is 53.0 Å². The third-order valence-corrected chi connectivity index (χ3v) is 3.59. The van der Waals surface area contributed by atoms with E-state index in [1.807, 2.05) is 10.9 Å². The summed E-state index contributed by atoms with van der Waals surface area (Å²) in [5.41, 5.74) is 4.62. The second-order valence-electron chi connectivity index (χ2n) is 4.95. The quantitative estimate of drug-likeness (QED) is 0.586. The lowest BCUT2D eigenvalue weighted by Gasteiger charge is -2.08. The zero-order valence-corrected chi connectivity index (χ0v) is 14.5. The Balaban J connectivity index is 1.73. The fraction of sp³-hybridized carbons (Fsp3) is 0.118. The van der Waals surface area contributed by atoms with Gasteiger partial charge < -0.3 is 4.74 Å². The Morgan fingerprint density at radius 2 is 1.68 bits per heavy atom. The zero-order valence-electron chi connectivity index (χ0n) is 12.9. The summed E-state index contributed by atoms with van der Waals surface area (Å²) in [6.07, 6.45) is 0.0160. The van der Waals surface area contributed by atoms with E-state index in [1.54, 1.807) is 24.3 Å². The van der Waals surface area contributed by atoms with E-state index in [9.17, 15) is 18.8 Å². The molecule has 0 spiro atoms. The van der Waals surface area contributed by atoms with Crippen LogP contribution in [-0.2, 0) is 20.7 Å². The molecule has 0 saturated heterocycles. The van der Waals surface area contributed by atoms with Crippen molar-refractivity contribution in [3.63, 3.8) is 0 Å². The molecule has 2 aromatic rings. The third kappa shape index (κ3) is 6.00. The Morgan fingerprint density at radius 1 is 1.00 bits per heavy atom. The molecule has 0 heterocycles. The largest absolute Gasteiger partial charge is 0.455 e. The normalized spacial score (nSPS) is 10.0. The molecule has 0 aliphatic heterocycles. The smallest absolute Gasteiger partial charge is 0.310 e. The Kier molecular flexibility index (Phi) is 6.64. The van der Waals surface area contributed by atoms with Crippen LogP contribution in [0.3, 0.4) is 0 Å². The number of benzene rings is 2. The van der Waals surface area contributed by atoms with Crippen LogP contribution in [-0.4, -0.2) is 24.4 Å². The SMILES string of the molecule is O=C(COC(=O)Cc1ccc(Br)cc1)NNC(=O)c1ccccc1F. The van der Waals surface area contributed by atoms with E-state index in [-0.39, 0.29) is 12.0 Å². The molecule has 0 aromatic heterocycles. The molecule has 25 heavy (non-hydrogen) atoms. The fourth-order valence-corrected chi connectivity index (χ4v) is 2.11. The number of carbonyl (C=O) groups is 3. The highest BCUT2D eigenvalue weighted by atomic mass is 79.9. The topological polar surface area (TPSA) is 84.5 Å². The summed E-state index contributed by atoms with van der Waals surface area (Å²) in [6.45, 7) is -0.563. The number of hydrazine groups is 1. The maximum absolute atomic E-state index is 13.4. The van der Waals surface area contributed by atoms with E-state index in [2.05, 4.69) is 15.9 Å². The first kappa shape index (κ1) is 18.6. The van der Waals surface area contributed by atoms with Crippen molar-refractivity contribution in [3.05, 3.63) is 69.9 Å². The standard InChI is InChI=1S/C17H14BrFN2O4/c18-12-7-5-11(6-8-12)9-16(23)25-10-15(22)20-21-17(24)13-3-1-2-4-14(13)19/h1-8H,9-10H2,(H,20,22)(H,21,24). The van der Waals surface area contributed by atoms with Crippen LogP contribution in [0.25, 0.3) is 0 Å². The second kappa shape index (κ2) is 8.93. The first-order valence-corrected chi connectivity index (χ1v) is 7.99. The third-order valence-electron chi connectivity index (χ3n) is 3.06. The molecule has 6 nitrogen and oxygen atoms in total. The van der Waals surface area contributed by atoms with Crippen molar-refractivity contribution in [1.82, 2.24) is 10.9 Å². The predicted octanol–water partition coefficient (Wildman–Crippen LogP) is 2.14. The molecule has 0 aliphatic carbocycles. The molecular weight excluding hydrogens is 395 g/mol. The Hall–Kier alpha value is -2.74. The van der Waals surface area contributed by atoms with Gasteiger partial charge in [0.15, 0.2) is 6.61 Å². The molecule has 0 radical (unpaired) electrons. The van der Waals surface area contributed by atoms with Crippen molar-refractivity contribution in [2.75, 3.05) is 6.61 Å². The molecule has 0 saturated carbocycles. The number of hydrogen-bond acceptors (Lipinski definition) is 4. The van der Waals surface area contributed by atoms with Crippen LogP contribution >= 0.6 is 15.9 Å². The van der Waals surface area contributed by atoms with Crippen molar-refractivity contribution in [2.24, 2.45) is 0 Å². The molecule has 2 amide bonds. The lowest BCUT2D eigenvalue weighted by Crippen LogP contribution is -2.43. The van der Waals surface area contributed by atoms with Crippen LogP contribution in [0.1, 0.15) is 15.9 Å². The zero-order chi connectivity index (χ0) is 18.2. The van der Waals surface area contributed by atoms with Crippen molar-refractivity contribution in [3.8, 4) is 0 Å². The minimum absolute atomic E-state index is 0.0160. The summed E-state index contributed by atoms with van der Waals surface area (Å²) in [5.74, 6) is -2.85. The van der Waals surface area contributed by atoms with E-state index in [0.717, 1.165) is 16.1 Å². The average molecular weight is 409 g/mol. The van der Waals surface area contributed by atoms with Gasteiger partial charge in [0.25, 0.3) is 11.8 Å². The van der Waals surface area contributed by atoms with E-state index in [0.29, 0.717) is 0 Å².